The summed E-state index contributed by atoms with van der Waals surface area (Å²) in [4.78, 5) is 23.1. The number of rotatable bonds is 2. The first-order valence-corrected chi connectivity index (χ1v) is 14.2. The van der Waals surface area contributed by atoms with E-state index < -0.39 is 6.43 Å². The molecule has 1 N–H and O–H groups in total. The molecule has 1 saturated carbocycles. The molecule has 0 radical (unpaired) electrons. The second-order valence-electron chi connectivity index (χ2n) is 11.8. The summed E-state index contributed by atoms with van der Waals surface area (Å²) in [5.74, 6) is 1.79. The number of hydrogen-bond donors (Lipinski definition) is 1. The number of amides is 1. The molecule has 1 amide bonds. The second-order valence-corrected chi connectivity index (χ2v) is 11.8. The van der Waals surface area contributed by atoms with Crippen LogP contribution in [0.25, 0.3) is 16.6 Å². The maximum absolute atomic E-state index is 14.4. The van der Waals surface area contributed by atoms with Gasteiger partial charge in [-0.25, -0.2) is 9.56 Å². The fraction of sp³-hybridized carbons (Fsp3) is 0.484. The van der Waals surface area contributed by atoms with Gasteiger partial charge < -0.3 is 9.30 Å². The van der Waals surface area contributed by atoms with Crippen molar-refractivity contribution in [1.29, 1.82) is 0 Å². The highest BCUT2D eigenvalue weighted by Crippen LogP contribution is 2.37. The van der Waals surface area contributed by atoms with Crippen LogP contribution in [0.4, 0.5) is 14.7 Å². The second kappa shape index (κ2) is 10.4. The van der Waals surface area contributed by atoms with E-state index in [1.54, 1.807) is 30.7 Å². The van der Waals surface area contributed by atoms with Gasteiger partial charge in [-0.2, -0.15) is 8.78 Å². The lowest BCUT2D eigenvalue weighted by atomic mass is 9.97. The van der Waals surface area contributed by atoms with Crippen molar-refractivity contribution < 1.29 is 22.9 Å². The molecule has 40 heavy (non-hydrogen) atoms. The van der Waals surface area contributed by atoms with Crippen molar-refractivity contribution in [1.82, 2.24) is 14.5 Å². The molecule has 3 aliphatic rings. The largest absolute Gasteiger partial charge is 0.496 e. The standard InChI is InChI=1S/C31H35F2N5O2/c1-17(2)21-7-8-23-25(14-21)38-15-19-5-6-20(12-19)16-40-26-9-10-37(4)28(29(32)33)27(26)24-13-22(11-18(3)34-24)30(39)36-31(38)35-23/h7-8,11,13-14,17,19-20,29H,5-6,9-10,12,15-16H2,1-4H3/p+1. The van der Waals surface area contributed by atoms with E-state index in [2.05, 4.69) is 40.8 Å². The van der Waals surface area contributed by atoms with Crippen molar-refractivity contribution in [3.63, 3.8) is 0 Å². The Hall–Kier alpha value is -3.62. The summed E-state index contributed by atoms with van der Waals surface area (Å²) in [5, 5.41) is 3.05. The van der Waals surface area contributed by atoms with E-state index in [9.17, 15) is 13.6 Å². The highest BCUT2D eigenvalue weighted by molar-refractivity contribution is 6.23. The maximum Gasteiger partial charge on any atom is 0.321 e. The van der Waals surface area contributed by atoms with E-state index in [0.717, 1.165) is 36.8 Å². The third kappa shape index (κ3) is 4.90. The van der Waals surface area contributed by atoms with Crippen LogP contribution in [0.2, 0.25) is 0 Å². The van der Waals surface area contributed by atoms with Crippen molar-refractivity contribution >= 4 is 34.2 Å². The summed E-state index contributed by atoms with van der Waals surface area (Å²) >= 11 is 0. The van der Waals surface area contributed by atoms with Gasteiger partial charge in [-0.1, -0.05) is 19.9 Å². The van der Waals surface area contributed by atoms with Gasteiger partial charge in [-0.15, -0.1) is 0 Å². The lowest BCUT2D eigenvalue weighted by Gasteiger charge is -2.22. The van der Waals surface area contributed by atoms with Crippen molar-refractivity contribution in [2.45, 2.75) is 65.3 Å². The number of fused-ring (bicyclic) bond motifs is 8. The first kappa shape index (κ1) is 26.6. The van der Waals surface area contributed by atoms with E-state index in [1.807, 2.05) is 6.07 Å². The summed E-state index contributed by atoms with van der Waals surface area (Å²) in [6.45, 7) is 7.77. The first-order chi connectivity index (χ1) is 19.2. The number of carbonyl (C=O) groups is 1. The molecular weight excluding hydrogens is 512 g/mol. The van der Waals surface area contributed by atoms with E-state index in [4.69, 9.17) is 9.72 Å². The molecular formula is C31H36F2N5O2+. The molecule has 4 heterocycles. The number of aryl methyl sites for hydroxylation is 1. The summed E-state index contributed by atoms with van der Waals surface area (Å²) < 4.78 is 38.9. The summed E-state index contributed by atoms with van der Waals surface area (Å²) in [6.07, 6.45) is 0.822. The highest BCUT2D eigenvalue weighted by Gasteiger charge is 2.37. The fourth-order valence-electron chi connectivity index (χ4n) is 6.40. The zero-order chi connectivity index (χ0) is 28.1. The van der Waals surface area contributed by atoms with Gasteiger partial charge in [-0.3, -0.25) is 15.1 Å². The predicted molar refractivity (Wildman–Crippen MR) is 151 cm³/mol. The molecule has 0 spiro atoms. The van der Waals surface area contributed by atoms with E-state index >= 15 is 0 Å². The number of carbonyl (C=O) groups excluding carboxylic acids is 1. The number of nitrogens with zero attached hydrogens (tertiary/aromatic N) is 4. The van der Waals surface area contributed by atoms with Gasteiger partial charge in [-0.05, 0) is 73.8 Å². The molecule has 1 aliphatic carbocycles. The molecule has 6 rings (SSSR count). The number of halogens is 2. The van der Waals surface area contributed by atoms with E-state index in [1.165, 1.54) is 5.56 Å². The van der Waals surface area contributed by atoms with Gasteiger partial charge in [0.25, 0.3) is 11.6 Å². The van der Waals surface area contributed by atoms with Crippen molar-refractivity contribution in [3.8, 4) is 0 Å². The van der Waals surface area contributed by atoms with Crippen LogP contribution in [0.15, 0.2) is 36.1 Å². The number of anilines is 1. The van der Waals surface area contributed by atoms with Crippen LogP contribution in [0.5, 0.6) is 0 Å². The van der Waals surface area contributed by atoms with Gasteiger partial charge in [0.1, 0.15) is 24.9 Å². The van der Waals surface area contributed by atoms with Crippen molar-refractivity contribution in [3.05, 3.63) is 58.6 Å². The number of pyridine rings is 1. The van der Waals surface area contributed by atoms with Crippen molar-refractivity contribution in [2.75, 3.05) is 25.5 Å². The third-order valence-corrected chi connectivity index (χ3v) is 8.55. The smallest absolute Gasteiger partial charge is 0.321 e. The average Bonchev–Trinajstić information content (AvgIpc) is 3.50. The summed E-state index contributed by atoms with van der Waals surface area (Å²) in [5.41, 5.74) is 4.49. The van der Waals surface area contributed by atoms with Crippen LogP contribution in [0.1, 0.15) is 72.8 Å². The summed E-state index contributed by atoms with van der Waals surface area (Å²) in [7, 11) is 1.67. The van der Waals surface area contributed by atoms with Crippen molar-refractivity contribution in [2.24, 2.45) is 11.8 Å². The number of ether oxygens (including phenoxy) is 1. The number of benzene rings is 1. The highest BCUT2D eigenvalue weighted by atomic mass is 19.3. The Balaban J connectivity index is 1.50. The average molecular weight is 549 g/mol. The van der Waals surface area contributed by atoms with Gasteiger partial charge in [0, 0.05) is 17.8 Å². The number of nitrogens with one attached hydrogen (secondary N) is 1. The SMILES string of the molecule is Cc1cc2cc(n1)C1=C(CC[N+](C)=C1C(F)F)OCC1CCC(C1)Cn1c(nc3ccc(C(C)C)cc31)NC2=O. The molecule has 4 bridgehead atoms. The number of aromatic nitrogens is 3. The molecule has 7 nitrogen and oxygen atoms in total. The van der Waals surface area contributed by atoms with E-state index in [-0.39, 0.29) is 11.6 Å². The minimum absolute atomic E-state index is 0.109. The lowest BCUT2D eigenvalue weighted by molar-refractivity contribution is -0.500. The molecule has 2 atom stereocenters. The molecule has 1 fully saturated rings. The third-order valence-electron chi connectivity index (χ3n) is 8.55. The zero-order valence-electron chi connectivity index (χ0n) is 23.5. The zero-order valence-corrected chi connectivity index (χ0v) is 23.5. The predicted octanol–water partition coefficient (Wildman–Crippen LogP) is 6.03. The number of allylic oxidation sites excluding steroid dienone is 1. The molecule has 2 unspecified atom stereocenters. The number of imidazole rings is 1. The van der Waals surface area contributed by atoms with Crippen LogP contribution < -0.4 is 5.32 Å². The minimum atomic E-state index is -2.70. The number of alkyl halides is 2. The Labute approximate surface area is 233 Å². The Morgan fingerprint density at radius 2 is 1.93 bits per heavy atom. The van der Waals surface area contributed by atoms with Crippen LogP contribution in [-0.2, 0) is 11.3 Å². The minimum Gasteiger partial charge on any atom is -0.496 e. The quantitative estimate of drug-likeness (QED) is 0.397. The van der Waals surface area contributed by atoms with Gasteiger partial charge >= 0.3 is 6.43 Å². The van der Waals surface area contributed by atoms with Crippen LogP contribution in [-0.4, -0.2) is 57.4 Å². The van der Waals surface area contributed by atoms with Gasteiger partial charge in [0.15, 0.2) is 0 Å². The van der Waals surface area contributed by atoms with Crippen LogP contribution in [0.3, 0.4) is 0 Å². The lowest BCUT2D eigenvalue weighted by Crippen LogP contribution is -2.32. The van der Waals surface area contributed by atoms with Gasteiger partial charge in [0.05, 0.1) is 29.8 Å². The van der Waals surface area contributed by atoms with Crippen LogP contribution in [0, 0.1) is 18.8 Å². The molecule has 1 aromatic carbocycles. The molecule has 2 aromatic heterocycles. The molecule has 3 aromatic rings. The number of hydrogen-bond acceptors (Lipinski definition) is 4. The molecule has 0 saturated heterocycles. The normalized spacial score (nSPS) is 21.8. The van der Waals surface area contributed by atoms with Gasteiger partial charge in [0.2, 0.25) is 5.95 Å². The van der Waals surface area contributed by atoms with Crippen LogP contribution >= 0.6 is 0 Å². The molecule has 2 aliphatic heterocycles. The molecule has 9 heteroatoms. The Bertz CT molecular complexity index is 1550. The molecule has 210 valence electrons. The summed E-state index contributed by atoms with van der Waals surface area (Å²) in [6, 6.07) is 9.56. The Morgan fingerprint density at radius 3 is 2.70 bits per heavy atom. The Kier molecular flexibility index (Phi) is 6.92. The van der Waals surface area contributed by atoms with E-state index in [0.29, 0.717) is 71.6 Å². The topological polar surface area (TPSA) is 72.1 Å². The monoisotopic (exact) mass is 548 g/mol. The fourth-order valence-corrected chi connectivity index (χ4v) is 6.40. The first-order valence-electron chi connectivity index (χ1n) is 14.2. The Morgan fingerprint density at radius 1 is 1.12 bits per heavy atom. The maximum atomic E-state index is 14.4.